The predicted molar refractivity (Wildman–Crippen MR) is 66.9 cm³/mol. The normalized spacial score (nSPS) is 16.4. The van der Waals surface area contributed by atoms with Crippen LogP contribution in [0.1, 0.15) is 25.3 Å². The summed E-state index contributed by atoms with van der Waals surface area (Å²) in [5, 5.41) is 0. The highest BCUT2D eigenvalue weighted by Crippen LogP contribution is 2.38. The summed E-state index contributed by atoms with van der Waals surface area (Å²) in [6.45, 7) is 0. The molecule has 0 aliphatic heterocycles. The number of imidazole rings is 1. The highest BCUT2D eigenvalue weighted by molar-refractivity contribution is 9.10. The molecule has 3 rings (SSSR count). The van der Waals surface area contributed by atoms with Gasteiger partial charge in [0.25, 0.3) is 0 Å². The van der Waals surface area contributed by atoms with E-state index >= 15 is 0 Å². The van der Waals surface area contributed by atoms with Crippen LogP contribution in [0.3, 0.4) is 0 Å². The fourth-order valence-electron chi connectivity index (χ4n) is 2.22. The van der Waals surface area contributed by atoms with Gasteiger partial charge in [0.2, 0.25) is 0 Å². The number of hydrogen-bond acceptors (Lipinski definition) is 2. The molecule has 1 heterocycles. The molecule has 0 saturated heterocycles. The Morgan fingerprint density at radius 2 is 2.25 bits per heavy atom. The Hall–Kier alpha value is -1.03. The van der Waals surface area contributed by atoms with Crippen molar-refractivity contribution in [2.45, 2.75) is 25.3 Å². The van der Waals surface area contributed by atoms with Crippen molar-refractivity contribution in [3.8, 4) is 5.75 Å². The van der Waals surface area contributed by atoms with Crippen LogP contribution in [0.15, 0.2) is 22.9 Å². The SMILES string of the molecule is COc1cccc2c1nc(Br)n2C1CCC1. The fourth-order valence-corrected chi connectivity index (χ4v) is 2.88. The minimum absolute atomic E-state index is 0.603. The third-order valence-corrected chi connectivity index (χ3v) is 3.86. The lowest BCUT2D eigenvalue weighted by atomic mass is 9.93. The maximum atomic E-state index is 5.33. The first-order valence-corrected chi connectivity index (χ1v) is 6.31. The molecule has 0 bridgehead atoms. The molecule has 1 aromatic heterocycles. The Balaban J connectivity index is 2.24. The summed E-state index contributed by atoms with van der Waals surface area (Å²) in [5.74, 6) is 0.844. The number of fused-ring (bicyclic) bond motifs is 1. The average Bonchev–Trinajstić information content (AvgIpc) is 2.54. The van der Waals surface area contributed by atoms with Gasteiger partial charge in [0, 0.05) is 6.04 Å². The Morgan fingerprint density at radius 3 is 2.88 bits per heavy atom. The fraction of sp³-hybridized carbons (Fsp3) is 0.417. The van der Waals surface area contributed by atoms with E-state index in [1.54, 1.807) is 7.11 Å². The highest BCUT2D eigenvalue weighted by Gasteiger charge is 2.24. The van der Waals surface area contributed by atoms with Crippen LogP contribution in [0.5, 0.6) is 5.75 Å². The quantitative estimate of drug-likeness (QED) is 0.842. The van der Waals surface area contributed by atoms with E-state index in [0.29, 0.717) is 6.04 Å². The van der Waals surface area contributed by atoms with Gasteiger partial charge in [-0.25, -0.2) is 4.98 Å². The number of aromatic nitrogens is 2. The van der Waals surface area contributed by atoms with Crippen molar-refractivity contribution in [1.82, 2.24) is 9.55 Å². The van der Waals surface area contributed by atoms with Crippen LogP contribution < -0.4 is 4.74 Å². The van der Waals surface area contributed by atoms with E-state index in [2.05, 4.69) is 31.5 Å². The van der Waals surface area contributed by atoms with Crippen LogP contribution in [0, 0.1) is 0 Å². The van der Waals surface area contributed by atoms with Gasteiger partial charge in [-0.05, 0) is 47.3 Å². The zero-order valence-corrected chi connectivity index (χ0v) is 10.7. The molecule has 16 heavy (non-hydrogen) atoms. The van der Waals surface area contributed by atoms with Crippen LogP contribution in [0.4, 0.5) is 0 Å². The first-order chi connectivity index (χ1) is 7.81. The lowest BCUT2D eigenvalue weighted by Crippen LogP contribution is -2.16. The molecular formula is C12H13BrN2O. The van der Waals surface area contributed by atoms with Gasteiger partial charge in [-0.15, -0.1) is 0 Å². The van der Waals surface area contributed by atoms with Crippen LogP contribution >= 0.6 is 15.9 Å². The third kappa shape index (κ3) is 1.36. The molecule has 0 spiro atoms. The Kier molecular flexibility index (Phi) is 2.39. The maximum Gasteiger partial charge on any atom is 0.178 e. The molecule has 84 valence electrons. The largest absolute Gasteiger partial charge is 0.494 e. The Labute approximate surface area is 103 Å². The molecule has 1 fully saturated rings. The molecule has 1 aliphatic carbocycles. The maximum absolute atomic E-state index is 5.33. The number of rotatable bonds is 2. The molecule has 0 unspecified atom stereocenters. The molecule has 4 heteroatoms. The summed E-state index contributed by atoms with van der Waals surface area (Å²) < 4.78 is 8.52. The number of methoxy groups -OCH3 is 1. The molecule has 1 saturated carbocycles. The van der Waals surface area contributed by atoms with Gasteiger partial charge < -0.3 is 9.30 Å². The highest BCUT2D eigenvalue weighted by atomic mass is 79.9. The van der Waals surface area contributed by atoms with Crippen molar-refractivity contribution in [2.75, 3.05) is 7.11 Å². The average molecular weight is 281 g/mol. The number of para-hydroxylation sites is 1. The van der Waals surface area contributed by atoms with E-state index in [0.717, 1.165) is 21.5 Å². The van der Waals surface area contributed by atoms with Crippen molar-refractivity contribution in [1.29, 1.82) is 0 Å². The molecule has 2 aromatic rings. The van der Waals surface area contributed by atoms with Crippen molar-refractivity contribution >= 4 is 27.0 Å². The van der Waals surface area contributed by atoms with E-state index in [9.17, 15) is 0 Å². The second kappa shape index (κ2) is 3.77. The van der Waals surface area contributed by atoms with Gasteiger partial charge in [-0.1, -0.05) is 6.07 Å². The molecule has 3 nitrogen and oxygen atoms in total. The summed E-state index contributed by atoms with van der Waals surface area (Å²) >= 11 is 3.54. The van der Waals surface area contributed by atoms with Crippen molar-refractivity contribution in [3.05, 3.63) is 22.9 Å². The molecule has 1 aliphatic rings. The number of nitrogens with zero attached hydrogens (tertiary/aromatic N) is 2. The summed E-state index contributed by atoms with van der Waals surface area (Å²) in [7, 11) is 1.69. The smallest absolute Gasteiger partial charge is 0.178 e. The number of ether oxygens (including phenoxy) is 1. The number of benzene rings is 1. The topological polar surface area (TPSA) is 27.1 Å². The summed E-state index contributed by atoms with van der Waals surface area (Å²) in [4.78, 5) is 4.54. The monoisotopic (exact) mass is 280 g/mol. The molecule has 1 aromatic carbocycles. The van der Waals surface area contributed by atoms with Crippen LogP contribution in [0.2, 0.25) is 0 Å². The van der Waals surface area contributed by atoms with Crippen LogP contribution in [-0.4, -0.2) is 16.7 Å². The van der Waals surface area contributed by atoms with Crippen LogP contribution in [0.25, 0.3) is 11.0 Å². The second-order valence-electron chi connectivity index (χ2n) is 4.16. The molecule has 0 amide bonds. The number of halogens is 1. The Bertz CT molecular complexity index is 531. The summed E-state index contributed by atoms with van der Waals surface area (Å²) in [5.41, 5.74) is 2.11. The molecular weight excluding hydrogens is 268 g/mol. The van der Waals surface area contributed by atoms with Gasteiger partial charge >= 0.3 is 0 Å². The van der Waals surface area contributed by atoms with Gasteiger partial charge in [-0.2, -0.15) is 0 Å². The van der Waals surface area contributed by atoms with Gasteiger partial charge in [0.05, 0.1) is 12.6 Å². The third-order valence-electron chi connectivity index (χ3n) is 3.30. The van der Waals surface area contributed by atoms with Crippen molar-refractivity contribution < 1.29 is 4.74 Å². The van der Waals surface area contributed by atoms with Gasteiger partial charge in [0.15, 0.2) is 4.73 Å². The lowest BCUT2D eigenvalue weighted by molar-refractivity contribution is 0.316. The Morgan fingerprint density at radius 1 is 1.44 bits per heavy atom. The molecule has 0 N–H and O–H groups in total. The standard InChI is InChI=1S/C12H13BrN2O/c1-16-10-7-3-6-9-11(10)14-12(13)15(9)8-4-2-5-8/h3,6-8H,2,4-5H2,1H3. The first-order valence-electron chi connectivity index (χ1n) is 5.51. The van der Waals surface area contributed by atoms with Crippen LogP contribution in [-0.2, 0) is 0 Å². The predicted octanol–water partition coefficient (Wildman–Crippen LogP) is 3.53. The van der Waals surface area contributed by atoms with E-state index in [4.69, 9.17) is 4.74 Å². The van der Waals surface area contributed by atoms with Gasteiger partial charge in [-0.3, -0.25) is 0 Å². The van der Waals surface area contributed by atoms with E-state index < -0.39 is 0 Å². The van der Waals surface area contributed by atoms with E-state index in [-0.39, 0.29) is 0 Å². The zero-order chi connectivity index (χ0) is 11.1. The number of hydrogen-bond donors (Lipinski definition) is 0. The lowest BCUT2D eigenvalue weighted by Gasteiger charge is -2.28. The second-order valence-corrected chi connectivity index (χ2v) is 4.87. The van der Waals surface area contributed by atoms with E-state index in [1.165, 1.54) is 19.3 Å². The van der Waals surface area contributed by atoms with E-state index in [1.807, 2.05) is 12.1 Å². The minimum atomic E-state index is 0.603. The van der Waals surface area contributed by atoms with Crippen molar-refractivity contribution in [3.63, 3.8) is 0 Å². The first kappa shape index (κ1) is 10.1. The molecule has 0 atom stereocenters. The minimum Gasteiger partial charge on any atom is -0.494 e. The summed E-state index contributed by atoms with van der Waals surface area (Å²) in [6.07, 6.45) is 3.82. The summed E-state index contributed by atoms with van der Waals surface area (Å²) in [6, 6.07) is 6.68. The van der Waals surface area contributed by atoms with Crippen molar-refractivity contribution in [2.24, 2.45) is 0 Å². The molecule has 0 radical (unpaired) electrons. The van der Waals surface area contributed by atoms with Gasteiger partial charge in [0.1, 0.15) is 11.3 Å². The zero-order valence-electron chi connectivity index (χ0n) is 9.11.